The maximum absolute atomic E-state index is 8.70. The second kappa shape index (κ2) is 24.5. The van der Waals surface area contributed by atoms with Crippen LogP contribution in [0.2, 0.25) is 0 Å². The molecule has 0 aromatic rings. The zero-order valence-corrected chi connectivity index (χ0v) is 5.56. The summed E-state index contributed by atoms with van der Waals surface area (Å²) in [5, 5.41) is 0. The summed E-state index contributed by atoms with van der Waals surface area (Å²) < 4.78 is 8.70. The lowest BCUT2D eigenvalue weighted by atomic mass is 11.3. The molecule has 4 N–H and O–H groups in total. The number of halogens is 1. The molecule has 0 saturated heterocycles. The van der Waals surface area contributed by atoms with E-state index in [1.165, 1.54) is 5.54 Å². The maximum atomic E-state index is 8.70. The Hall–Kier alpha value is 0.01000. The Kier molecular flexibility index (Phi) is 62.6. The van der Waals surface area contributed by atoms with Crippen LogP contribution in [0.3, 0.4) is 0 Å². The first kappa shape index (κ1) is 23.0. The minimum atomic E-state index is -2.87. The molecule has 0 heterocycles. The first-order chi connectivity index (χ1) is 3.15. The van der Waals surface area contributed by atoms with Gasteiger partial charge in [-0.15, -0.1) is 9.79 Å². The van der Waals surface area contributed by atoms with E-state index < -0.39 is 8.25 Å². The second-order valence-electron chi connectivity index (χ2n) is 0.407. The first-order valence-corrected chi connectivity index (χ1v) is 2.81. The van der Waals surface area contributed by atoms with Gasteiger partial charge in [-0.3, -0.25) is 0 Å². The molecule has 0 aliphatic rings. The van der Waals surface area contributed by atoms with Crippen molar-refractivity contribution in [1.82, 2.24) is 0 Å². The van der Waals surface area contributed by atoms with Crippen LogP contribution in [0, 0.1) is 0 Å². The van der Waals surface area contributed by atoms with E-state index in [1.807, 2.05) is 0 Å². The van der Waals surface area contributed by atoms with E-state index in [1.54, 1.807) is 0 Å². The van der Waals surface area contributed by atoms with Gasteiger partial charge in [0.1, 0.15) is 0 Å². The van der Waals surface area contributed by atoms with Crippen molar-refractivity contribution >= 4 is 19.9 Å². The summed E-state index contributed by atoms with van der Waals surface area (Å²) >= 11 is 4.76. The first-order valence-electron chi connectivity index (χ1n) is 1.21. The quantitative estimate of drug-likeness (QED) is 0.537. The molecule has 0 amide bonds. The lowest BCUT2D eigenvalue weighted by Gasteiger charge is -1.34. The smallest absolute Gasteiger partial charge is 0.412 e. The van der Waals surface area contributed by atoms with E-state index >= 15 is 0 Å². The van der Waals surface area contributed by atoms with Gasteiger partial charge in [-0.1, -0.05) is 25.6 Å². The van der Waals surface area contributed by atoms with Gasteiger partial charge < -0.3 is 5.48 Å². The molecule has 0 atom stereocenters. The molecule has 0 rings (SSSR count). The predicted octanol–water partition coefficient (Wildman–Crippen LogP) is 0.809. The normalized spacial score (nSPS) is 4.33. The molecule has 4 nitrogen and oxygen atoms in total. The van der Waals surface area contributed by atoms with Gasteiger partial charge in [0.05, 0.1) is 0 Å². The van der Waals surface area contributed by atoms with Gasteiger partial charge in [0, 0.05) is 4.57 Å². The fraction of sp³-hybridized carbons (Fsp3) is 0.333. The van der Waals surface area contributed by atoms with Crippen molar-refractivity contribution < 1.29 is 19.8 Å². The molecule has 0 aromatic carbocycles. The minimum Gasteiger partial charge on any atom is -0.412 e. The Bertz CT molecular complexity index is 62.8. The van der Waals surface area contributed by atoms with E-state index in [0.29, 0.717) is 0 Å². The zero-order chi connectivity index (χ0) is 6.28. The molecule has 0 radical (unpaired) electrons. The highest BCUT2D eigenvalue weighted by atomic mass is 35.5. The van der Waals surface area contributed by atoms with Crippen LogP contribution in [0.25, 0.3) is 0 Å². The van der Waals surface area contributed by atoms with Crippen molar-refractivity contribution in [3.8, 4) is 0 Å². The molecular weight excluding hydrogens is 166 g/mol. The highest BCUT2D eigenvalue weighted by Gasteiger charge is 1.93. The van der Waals surface area contributed by atoms with Crippen LogP contribution >= 0.6 is 19.9 Å². The summed E-state index contributed by atoms with van der Waals surface area (Å²) in [5.41, 5.74) is 1.22. The van der Waals surface area contributed by atoms with E-state index in [4.69, 9.17) is 26.0 Å². The van der Waals surface area contributed by atoms with Crippen molar-refractivity contribution in [2.45, 2.75) is 7.43 Å². The van der Waals surface area contributed by atoms with Gasteiger partial charge in [-0.2, -0.15) is 0 Å². The molecule has 0 bridgehead atoms. The lowest BCUT2D eigenvalue weighted by Crippen LogP contribution is -1.38. The molecule has 0 unspecified atom stereocenters. The molecule has 58 valence electrons. The molecule has 0 fully saturated rings. The third kappa shape index (κ3) is 2890000. The van der Waals surface area contributed by atoms with Crippen LogP contribution in [-0.4, -0.2) is 15.3 Å². The van der Waals surface area contributed by atoms with Crippen LogP contribution in [0.5, 0.6) is 0 Å². The van der Waals surface area contributed by atoms with Crippen molar-refractivity contribution in [2.24, 2.45) is 0 Å². The van der Waals surface area contributed by atoms with E-state index in [9.17, 15) is 0 Å². The average molecular weight is 178 g/mol. The van der Waals surface area contributed by atoms with E-state index in [2.05, 4.69) is 6.58 Å². The minimum absolute atomic E-state index is 0. The second-order valence-corrected chi connectivity index (χ2v) is 1.22. The molecule has 0 aliphatic carbocycles. The number of hydrogen-bond donors (Lipinski definition) is 2. The van der Waals surface area contributed by atoms with Gasteiger partial charge in [0.15, 0.2) is 0 Å². The predicted molar refractivity (Wildman–Crippen MR) is 38.4 cm³/mol. The molecule has 0 aromatic heterocycles. The summed E-state index contributed by atoms with van der Waals surface area (Å²) in [7, 11) is -2.87. The molecule has 0 aliphatic heterocycles. The van der Waals surface area contributed by atoms with Crippen molar-refractivity contribution in [1.29, 1.82) is 0 Å². The third-order valence-corrected chi connectivity index (χ3v) is 0. The molecule has 0 spiro atoms. The Morgan fingerprint density at radius 2 is 1.56 bits per heavy atom. The van der Waals surface area contributed by atoms with Crippen LogP contribution in [0.4, 0.5) is 0 Å². The molecule has 0 saturated carbocycles. The Labute approximate surface area is 60.0 Å². The highest BCUT2D eigenvalue weighted by Crippen LogP contribution is 1.98. The topological polar surface area (TPSA) is 89.0 Å². The summed E-state index contributed by atoms with van der Waals surface area (Å²) in [6.07, 6.45) is 0. The van der Waals surface area contributed by atoms with Crippen LogP contribution < -0.4 is 0 Å². The monoisotopic (exact) mass is 177 g/mol. The van der Waals surface area contributed by atoms with Crippen LogP contribution in [0.1, 0.15) is 7.43 Å². The fourth-order valence-electron chi connectivity index (χ4n) is 0. The average Bonchev–Trinajstić information content (AvgIpc) is 1.33. The van der Waals surface area contributed by atoms with Crippen LogP contribution in [0.15, 0.2) is 12.1 Å². The summed E-state index contributed by atoms with van der Waals surface area (Å²) in [6, 6.07) is 0. The van der Waals surface area contributed by atoms with Gasteiger partial charge in [-0.25, -0.2) is 0 Å². The van der Waals surface area contributed by atoms with Gasteiger partial charge in [0.25, 0.3) is 0 Å². The van der Waals surface area contributed by atoms with Gasteiger partial charge in [0.2, 0.25) is 0 Å². The Morgan fingerprint density at radius 1 is 1.56 bits per heavy atom. The maximum Gasteiger partial charge on any atom is 0.692 e. The van der Waals surface area contributed by atoms with E-state index in [0.717, 1.165) is 0 Å². The van der Waals surface area contributed by atoms with Crippen molar-refractivity contribution in [2.75, 3.05) is 0 Å². The Balaban J connectivity index is -0.0000000233. The molecule has 9 heavy (non-hydrogen) atoms. The fourth-order valence-corrected chi connectivity index (χ4v) is 0. The highest BCUT2D eigenvalue weighted by molar-refractivity contribution is 7.30. The Morgan fingerprint density at radius 3 is 1.56 bits per heavy atom. The van der Waals surface area contributed by atoms with E-state index in [-0.39, 0.29) is 12.9 Å². The van der Waals surface area contributed by atoms with Crippen molar-refractivity contribution in [3.63, 3.8) is 0 Å². The van der Waals surface area contributed by atoms with Gasteiger partial charge in [-0.05, 0) is 5.54 Å². The largest absolute Gasteiger partial charge is 0.692 e. The van der Waals surface area contributed by atoms with Crippen molar-refractivity contribution in [3.05, 3.63) is 12.1 Å². The standard InChI is InChI=1S/C2H3Cl.CH4.HO3P.H2O/c1-2-3;;1-4(2)3;/h2H,1H2;1H4;(H-,1,2,3);1H2/p+1. The van der Waals surface area contributed by atoms with Crippen LogP contribution in [-0.2, 0) is 4.57 Å². The molecular formula is C3H11ClO4P+. The summed E-state index contributed by atoms with van der Waals surface area (Å²) in [4.78, 5) is 14.2. The molecule has 6 heteroatoms. The number of hydrogen-bond acceptors (Lipinski definition) is 1. The summed E-state index contributed by atoms with van der Waals surface area (Å²) in [6.45, 7) is 3.13. The lowest BCUT2D eigenvalue weighted by molar-refractivity contribution is 0.405. The third-order valence-electron chi connectivity index (χ3n) is 0. The summed E-state index contributed by atoms with van der Waals surface area (Å²) in [5.74, 6) is 0. The SMILES string of the molecule is C.C=CCl.O.O=[P+](O)O. The zero-order valence-electron chi connectivity index (χ0n) is 3.91. The number of rotatable bonds is 0. The van der Waals surface area contributed by atoms with Gasteiger partial charge >= 0.3 is 8.25 Å².